The Morgan fingerprint density at radius 1 is 1.08 bits per heavy atom. The first-order valence-electron chi connectivity index (χ1n) is 9.07. The number of hydrogen-bond acceptors (Lipinski definition) is 3. The number of pyridine rings is 1. The molecule has 2 rings (SSSR count). The van der Waals surface area contributed by atoms with E-state index in [1.54, 1.807) is 31.5 Å². The molecule has 0 saturated carbocycles. The first kappa shape index (κ1) is 19.7. The van der Waals surface area contributed by atoms with Crippen LogP contribution in [0, 0.1) is 0 Å². The molecular formula is C21H28ClNO2. The molecule has 136 valence electrons. The lowest BCUT2D eigenvalue weighted by molar-refractivity contribution is 0.0541. The van der Waals surface area contributed by atoms with Crippen molar-refractivity contribution < 1.29 is 9.84 Å². The van der Waals surface area contributed by atoms with Crippen molar-refractivity contribution in [2.75, 3.05) is 6.61 Å². The summed E-state index contributed by atoms with van der Waals surface area (Å²) in [4.78, 5) is 4.02. The average molecular weight is 362 g/mol. The SMILES string of the molecule is CCCCCCCOc1ccc(Cl)cc1C(C)(O)Cc1ccncc1. The number of halogens is 1. The van der Waals surface area contributed by atoms with E-state index in [0.29, 0.717) is 23.8 Å². The average Bonchev–Trinajstić information content (AvgIpc) is 2.59. The summed E-state index contributed by atoms with van der Waals surface area (Å²) in [6.07, 6.45) is 9.88. The second-order valence-corrected chi connectivity index (χ2v) is 7.15. The minimum atomic E-state index is -1.07. The molecule has 0 saturated heterocycles. The smallest absolute Gasteiger partial charge is 0.125 e. The van der Waals surface area contributed by atoms with Gasteiger partial charge in [-0.05, 0) is 49.2 Å². The third-order valence-corrected chi connectivity index (χ3v) is 4.56. The maximum atomic E-state index is 11.1. The molecule has 25 heavy (non-hydrogen) atoms. The van der Waals surface area contributed by atoms with Gasteiger partial charge in [0.25, 0.3) is 0 Å². The number of unbranched alkanes of at least 4 members (excludes halogenated alkanes) is 4. The molecule has 0 radical (unpaired) electrons. The van der Waals surface area contributed by atoms with Crippen LogP contribution in [0.3, 0.4) is 0 Å². The Bertz CT molecular complexity index is 644. The summed E-state index contributed by atoms with van der Waals surface area (Å²) >= 11 is 6.17. The minimum Gasteiger partial charge on any atom is -0.493 e. The van der Waals surface area contributed by atoms with Crippen LogP contribution in [0.4, 0.5) is 0 Å². The molecule has 1 aromatic carbocycles. The van der Waals surface area contributed by atoms with Crippen LogP contribution in [0.25, 0.3) is 0 Å². The standard InChI is InChI=1S/C21H28ClNO2/c1-3-4-5-6-7-14-25-20-9-8-18(22)15-19(20)21(2,24)16-17-10-12-23-13-11-17/h8-13,15,24H,3-7,14,16H2,1-2H3. The van der Waals surface area contributed by atoms with Gasteiger partial charge in [0.2, 0.25) is 0 Å². The van der Waals surface area contributed by atoms with Crippen molar-refractivity contribution in [3.05, 3.63) is 58.9 Å². The molecule has 1 N–H and O–H groups in total. The Morgan fingerprint density at radius 3 is 2.52 bits per heavy atom. The van der Waals surface area contributed by atoms with E-state index in [1.807, 2.05) is 18.2 Å². The van der Waals surface area contributed by atoms with Gasteiger partial charge in [-0.2, -0.15) is 0 Å². The van der Waals surface area contributed by atoms with Gasteiger partial charge in [0.05, 0.1) is 12.2 Å². The Morgan fingerprint density at radius 2 is 1.80 bits per heavy atom. The summed E-state index contributed by atoms with van der Waals surface area (Å²) in [5.74, 6) is 0.707. The zero-order valence-electron chi connectivity index (χ0n) is 15.2. The molecule has 4 heteroatoms. The first-order valence-corrected chi connectivity index (χ1v) is 9.45. The predicted molar refractivity (Wildman–Crippen MR) is 103 cm³/mol. The maximum Gasteiger partial charge on any atom is 0.125 e. The van der Waals surface area contributed by atoms with Crippen molar-refractivity contribution >= 4 is 11.6 Å². The predicted octanol–water partition coefficient (Wildman–Crippen LogP) is 5.53. The zero-order chi connectivity index (χ0) is 18.1. The van der Waals surface area contributed by atoms with Crippen molar-refractivity contribution in [2.45, 2.75) is 58.0 Å². The Balaban J connectivity index is 2.06. The van der Waals surface area contributed by atoms with Crippen LogP contribution in [0.5, 0.6) is 5.75 Å². The Labute approximate surface area is 156 Å². The molecule has 1 aromatic heterocycles. The lowest BCUT2D eigenvalue weighted by Crippen LogP contribution is -2.25. The summed E-state index contributed by atoms with van der Waals surface area (Å²) in [6, 6.07) is 9.28. The van der Waals surface area contributed by atoms with Crippen LogP contribution in [-0.4, -0.2) is 16.7 Å². The van der Waals surface area contributed by atoms with Crippen LogP contribution < -0.4 is 4.74 Å². The molecule has 0 spiro atoms. The van der Waals surface area contributed by atoms with Gasteiger partial charge in [-0.25, -0.2) is 0 Å². The van der Waals surface area contributed by atoms with Gasteiger partial charge < -0.3 is 9.84 Å². The van der Waals surface area contributed by atoms with Gasteiger partial charge in [0.1, 0.15) is 5.75 Å². The van der Waals surface area contributed by atoms with Gasteiger partial charge in [-0.15, -0.1) is 0 Å². The fourth-order valence-electron chi connectivity index (χ4n) is 2.93. The van der Waals surface area contributed by atoms with Gasteiger partial charge in [0.15, 0.2) is 0 Å². The van der Waals surface area contributed by atoms with Crippen LogP contribution in [0.1, 0.15) is 57.1 Å². The molecule has 3 nitrogen and oxygen atoms in total. The summed E-state index contributed by atoms with van der Waals surface area (Å²) in [5, 5.41) is 11.7. The van der Waals surface area contributed by atoms with Crippen molar-refractivity contribution in [3.63, 3.8) is 0 Å². The summed E-state index contributed by atoms with van der Waals surface area (Å²) < 4.78 is 5.97. The molecule has 0 aliphatic heterocycles. The van der Waals surface area contributed by atoms with Gasteiger partial charge >= 0.3 is 0 Å². The number of hydrogen-bond donors (Lipinski definition) is 1. The molecule has 0 bridgehead atoms. The monoisotopic (exact) mass is 361 g/mol. The van der Waals surface area contributed by atoms with E-state index >= 15 is 0 Å². The molecule has 0 fully saturated rings. The highest BCUT2D eigenvalue weighted by atomic mass is 35.5. The number of nitrogens with zero attached hydrogens (tertiary/aromatic N) is 1. The van der Waals surface area contributed by atoms with Crippen molar-refractivity contribution in [2.24, 2.45) is 0 Å². The number of aromatic nitrogens is 1. The quantitative estimate of drug-likeness (QED) is 0.565. The van der Waals surface area contributed by atoms with Crippen molar-refractivity contribution in [1.82, 2.24) is 4.98 Å². The highest BCUT2D eigenvalue weighted by molar-refractivity contribution is 6.30. The van der Waals surface area contributed by atoms with E-state index < -0.39 is 5.60 Å². The molecule has 0 aliphatic rings. The number of benzene rings is 1. The summed E-state index contributed by atoms with van der Waals surface area (Å²) in [5.41, 5.74) is 0.680. The largest absolute Gasteiger partial charge is 0.493 e. The van der Waals surface area contributed by atoms with Crippen LogP contribution in [-0.2, 0) is 12.0 Å². The first-order chi connectivity index (χ1) is 12.0. The Hall–Kier alpha value is -1.58. The van der Waals surface area contributed by atoms with E-state index in [9.17, 15) is 5.11 Å². The summed E-state index contributed by atoms with van der Waals surface area (Å²) in [7, 11) is 0. The van der Waals surface area contributed by atoms with Crippen molar-refractivity contribution in [3.8, 4) is 5.75 Å². The maximum absolute atomic E-state index is 11.1. The van der Waals surface area contributed by atoms with Crippen LogP contribution in [0.2, 0.25) is 5.02 Å². The number of rotatable bonds is 10. The molecule has 1 heterocycles. The molecule has 2 aromatic rings. The normalized spacial score (nSPS) is 13.4. The van der Waals surface area contributed by atoms with Gasteiger partial charge in [0, 0.05) is 29.4 Å². The number of ether oxygens (including phenoxy) is 1. The molecule has 0 aliphatic carbocycles. The highest BCUT2D eigenvalue weighted by Crippen LogP contribution is 2.35. The lowest BCUT2D eigenvalue weighted by atomic mass is 9.88. The number of aliphatic hydroxyl groups is 1. The highest BCUT2D eigenvalue weighted by Gasteiger charge is 2.27. The minimum absolute atomic E-state index is 0.475. The third-order valence-electron chi connectivity index (χ3n) is 4.33. The molecular weight excluding hydrogens is 334 g/mol. The van der Waals surface area contributed by atoms with E-state index in [0.717, 1.165) is 17.5 Å². The zero-order valence-corrected chi connectivity index (χ0v) is 15.9. The second-order valence-electron chi connectivity index (χ2n) is 6.71. The Kier molecular flexibility index (Phi) is 7.73. The van der Waals surface area contributed by atoms with Crippen LogP contribution in [0.15, 0.2) is 42.7 Å². The second kappa shape index (κ2) is 9.79. The third kappa shape index (κ3) is 6.33. The van der Waals surface area contributed by atoms with E-state index in [4.69, 9.17) is 16.3 Å². The summed E-state index contributed by atoms with van der Waals surface area (Å²) in [6.45, 7) is 4.66. The lowest BCUT2D eigenvalue weighted by Gasteiger charge is -2.26. The van der Waals surface area contributed by atoms with E-state index in [-0.39, 0.29) is 0 Å². The van der Waals surface area contributed by atoms with E-state index in [1.165, 1.54) is 25.7 Å². The van der Waals surface area contributed by atoms with E-state index in [2.05, 4.69) is 11.9 Å². The molecule has 0 amide bonds. The molecule has 1 atom stereocenters. The molecule has 1 unspecified atom stereocenters. The van der Waals surface area contributed by atoms with Crippen LogP contribution >= 0.6 is 11.6 Å². The fraction of sp³-hybridized carbons (Fsp3) is 0.476. The van der Waals surface area contributed by atoms with Gasteiger partial charge in [-0.1, -0.05) is 44.2 Å². The fourth-order valence-corrected chi connectivity index (χ4v) is 3.10. The topological polar surface area (TPSA) is 42.4 Å². The van der Waals surface area contributed by atoms with Crippen molar-refractivity contribution in [1.29, 1.82) is 0 Å². The van der Waals surface area contributed by atoms with Gasteiger partial charge in [-0.3, -0.25) is 4.98 Å².